The van der Waals surface area contributed by atoms with E-state index in [-0.39, 0.29) is 12.0 Å². The molecule has 26 heavy (non-hydrogen) atoms. The van der Waals surface area contributed by atoms with Gasteiger partial charge in [-0.1, -0.05) is 23.7 Å². The van der Waals surface area contributed by atoms with E-state index in [1.807, 2.05) is 0 Å². The Morgan fingerprint density at radius 3 is 2.46 bits per heavy atom. The van der Waals surface area contributed by atoms with E-state index >= 15 is 0 Å². The number of fused-ring (bicyclic) bond motifs is 1. The Morgan fingerprint density at radius 1 is 1.08 bits per heavy atom. The molecule has 0 aliphatic rings. The largest absolute Gasteiger partial charge is 0.480 e. The normalized spacial score (nSPS) is 11.9. The maximum atomic E-state index is 12.3. The number of benzene rings is 2. The number of pyridine rings is 1. The van der Waals surface area contributed by atoms with Crippen molar-refractivity contribution in [3.05, 3.63) is 81.6 Å². The summed E-state index contributed by atoms with van der Waals surface area (Å²) in [5, 5.41) is 13.0. The molecule has 0 fully saturated rings. The summed E-state index contributed by atoms with van der Waals surface area (Å²) >= 11 is 5.79. The maximum Gasteiger partial charge on any atom is 0.328 e. The van der Waals surface area contributed by atoms with E-state index in [1.54, 1.807) is 41.0 Å². The van der Waals surface area contributed by atoms with Gasteiger partial charge in [-0.25, -0.2) is 4.79 Å². The molecule has 1 aromatic heterocycles. The number of halogens is 1. The Balaban J connectivity index is 1.87. The standard InChI is InChI=1S/C19H15ClN2O4/c20-13-7-5-12(6-8-13)18(24)21-15(19(25)26)11-22-10-9-17(23)14-3-1-2-4-16(14)22/h1-10,15H,11H2,(H,21,24)(H,25,26). The molecule has 1 unspecified atom stereocenters. The average molecular weight is 371 g/mol. The van der Waals surface area contributed by atoms with Gasteiger partial charge < -0.3 is 15.0 Å². The van der Waals surface area contributed by atoms with Crippen LogP contribution in [0.4, 0.5) is 0 Å². The van der Waals surface area contributed by atoms with Gasteiger partial charge in [-0.3, -0.25) is 9.59 Å². The van der Waals surface area contributed by atoms with E-state index in [1.165, 1.54) is 24.4 Å². The number of hydrogen-bond acceptors (Lipinski definition) is 3. The SMILES string of the molecule is O=C(NC(Cn1ccc(=O)c2ccccc21)C(=O)O)c1ccc(Cl)cc1. The van der Waals surface area contributed by atoms with Gasteiger partial charge in [0.1, 0.15) is 6.04 Å². The van der Waals surface area contributed by atoms with Gasteiger partial charge in [-0.05, 0) is 36.4 Å². The highest BCUT2D eigenvalue weighted by Crippen LogP contribution is 2.12. The summed E-state index contributed by atoms with van der Waals surface area (Å²) in [5.74, 6) is -1.69. The third-order valence-corrected chi connectivity index (χ3v) is 4.23. The summed E-state index contributed by atoms with van der Waals surface area (Å²) in [6.45, 7) is -0.0184. The molecule has 1 heterocycles. The Morgan fingerprint density at radius 2 is 1.77 bits per heavy atom. The molecule has 132 valence electrons. The second-order valence-corrected chi connectivity index (χ2v) is 6.16. The zero-order chi connectivity index (χ0) is 18.7. The minimum Gasteiger partial charge on any atom is -0.480 e. The van der Waals surface area contributed by atoms with Crippen molar-refractivity contribution in [3.8, 4) is 0 Å². The molecule has 0 saturated carbocycles. The summed E-state index contributed by atoms with van der Waals surface area (Å²) in [4.78, 5) is 35.8. The number of aliphatic carboxylic acids is 1. The second-order valence-electron chi connectivity index (χ2n) is 5.72. The third kappa shape index (κ3) is 3.75. The van der Waals surface area contributed by atoms with Crippen molar-refractivity contribution in [1.29, 1.82) is 0 Å². The number of nitrogens with zero attached hydrogens (tertiary/aromatic N) is 1. The lowest BCUT2D eigenvalue weighted by molar-refractivity contribution is -0.139. The predicted molar refractivity (Wildman–Crippen MR) is 98.6 cm³/mol. The van der Waals surface area contributed by atoms with Crippen LogP contribution in [0.3, 0.4) is 0 Å². The Bertz CT molecular complexity index is 1030. The van der Waals surface area contributed by atoms with Crippen LogP contribution in [0.25, 0.3) is 10.9 Å². The smallest absolute Gasteiger partial charge is 0.328 e. The fraction of sp³-hybridized carbons (Fsp3) is 0.105. The zero-order valence-corrected chi connectivity index (χ0v) is 14.3. The number of carboxylic acid groups (broad SMARTS) is 1. The molecule has 1 amide bonds. The molecule has 2 N–H and O–H groups in total. The summed E-state index contributed by atoms with van der Waals surface area (Å²) in [6, 6.07) is 13.3. The molecule has 0 spiro atoms. The molecule has 0 bridgehead atoms. The Labute approximate surface area is 153 Å². The van der Waals surface area contributed by atoms with Crippen LogP contribution in [0.15, 0.2) is 65.6 Å². The lowest BCUT2D eigenvalue weighted by atomic mass is 10.1. The number of nitrogens with one attached hydrogen (secondary N) is 1. The second kappa shape index (κ2) is 7.41. The minimum absolute atomic E-state index is 0.0184. The first-order chi connectivity index (χ1) is 12.5. The predicted octanol–water partition coefficient (Wildman–Crippen LogP) is 2.54. The van der Waals surface area contributed by atoms with Crippen LogP contribution in [0.1, 0.15) is 10.4 Å². The van der Waals surface area contributed by atoms with Crippen LogP contribution < -0.4 is 10.7 Å². The van der Waals surface area contributed by atoms with Crippen molar-refractivity contribution < 1.29 is 14.7 Å². The van der Waals surface area contributed by atoms with Crippen LogP contribution in [0, 0.1) is 0 Å². The molecule has 3 rings (SSSR count). The topological polar surface area (TPSA) is 88.4 Å². The van der Waals surface area contributed by atoms with Crippen LogP contribution in [-0.4, -0.2) is 27.6 Å². The van der Waals surface area contributed by atoms with E-state index in [2.05, 4.69) is 5.32 Å². The number of carboxylic acids is 1. The van der Waals surface area contributed by atoms with Crippen LogP contribution in [-0.2, 0) is 11.3 Å². The van der Waals surface area contributed by atoms with Gasteiger partial charge in [-0.2, -0.15) is 0 Å². The lowest BCUT2D eigenvalue weighted by Gasteiger charge is -2.18. The number of hydrogen-bond donors (Lipinski definition) is 2. The van der Waals surface area contributed by atoms with Gasteiger partial charge >= 0.3 is 5.97 Å². The third-order valence-electron chi connectivity index (χ3n) is 3.97. The van der Waals surface area contributed by atoms with Crippen molar-refractivity contribution in [2.75, 3.05) is 0 Å². The highest BCUT2D eigenvalue weighted by molar-refractivity contribution is 6.30. The summed E-state index contributed by atoms with van der Waals surface area (Å²) in [5.41, 5.74) is 0.770. The first kappa shape index (κ1) is 17.7. The fourth-order valence-electron chi connectivity index (χ4n) is 2.64. The lowest BCUT2D eigenvalue weighted by Crippen LogP contribution is -2.43. The molecule has 0 aliphatic heterocycles. The molecule has 0 saturated heterocycles. The number of para-hydroxylation sites is 1. The van der Waals surface area contributed by atoms with Gasteiger partial charge in [0.25, 0.3) is 5.91 Å². The van der Waals surface area contributed by atoms with Crippen molar-refractivity contribution in [2.45, 2.75) is 12.6 Å². The number of aromatic nitrogens is 1. The number of carbonyl (C=O) groups is 2. The molecule has 0 radical (unpaired) electrons. The average Bonchev–Trinajstić information content (AvgIpc) is 2.64. The summed E-state index contributed by atoms with van der Waals surface area (Å²) in [7, 11) is 0. The zero-order valence-electron chi connectivity index (χ0n) is 13.6. The molecule has 6 nitrogen and oxygen atoms in total. The molecule has 1 atom stereocenters. The number of rotatable bonds is 5. The van der Waals surface area contributed by atoms with Crippen molar-refractivity contribution in [2.24, 2.45) is 0 Å². The summed E-state index contributed by atoms with van der Waals surface area (Å²) in [6.07, 6.45) is 1.52. The Kier molecular flexibility index (Phi) is 5.04. The first-order valence-electron chi connectivity index (χ1n) is 7.83. The van der Waals surface area contributed by atoms with Crippen LogP contribution in [0.2, 0.25) is 5.02 Å². The van der Waals surface area contributed by atoms with Gasteiger partial charge in [-0.15, -0.1) is 0 Å². The van der Waals surface area contributed by atoms with E-state index in [0.717, 1.165) is 0 Å². The van der Waals surface area contributed by atoms with E-state index < -0.39 is 17.9 Å². The van der Waals surface area contributed by atoms with E-state index in [0.29, 0.717) is 21.5 Å². The quantitative estimate of drug-likeness (QED) is 0.722. The monoisotopic (exact) mass is 370 g/mol. The molecule has 2 aromatic carbocycles. The van der Waals surface area contributed by atoms with Crippen molar-refractivity contribution in [1.82, 2.24) is 9.88 Å². The van der Waals surface area contributed by atoms with Gasteiger partial charge in [0.05, 0.1) is 12.1 Å². The molecule has 3 aromatic rings. The van der Waals surface area contributed by atoms with E-state index in [4.69, 9.17) is 11.6 Å². The minimum atomic E-state index is -1.17. The fourth-order valence-corrected chi connectivity index (χ4v) is 2.77. The van der Waals surface area contributed by atoms with Crippen LogP contribution in [0.5, 0.6) is 0 Å². The van der Waals surface area contributed by atoms with Crippen LogP contribution >= 0.6 is 11.6 Å². The molecular weight excluding hydrogens is 356 g/mol. The number of amides is 1. The van der Waals surface area contributed by atoms with Gasteiger partial charge in [0.2, 0.25) is 0 Å². The van der Waals surface area contributed by atoms with Crippen molar-refractivity contribution >= 4 is 34.4 Å². The molecule has 0 aliphatic carbocycles. The Hall–Kier alpha value is -3.12. The highest BCUT2D eigenvalue weighted by Gasteiger charge is 2.21. The van der Waals surface area contributed by atoms with Gasteiger partial charge in [0, 0.05) is 28.2 Å². The van der Waals surface area contributed by atoms with Crippen molar-refractivity contribution in [3.63, 3.8) is 0 Å². The first-order valence-corrected chi connectivity index (χ1v) is 8.21. The highest BCUT2D eigenvalue weighted by atomic mass is 35.5. The summed E-state index contributed by atoms with van der Waals surface area (Å²) < 4.78 is 1.64. The molecule has 7 heteroatoms. The maximum absolute atomic E-state index is 12.3. The van der Waals surface area contributed by atoms with Gasteiger partial charge in [0.15, 0.2) is 5.43 Å². The number of carbonyl (C=O) groups excluding carboxylic acids is 1. The molecular formula is C19H15ClN2O4. The van der Waals surface area contributed by atoms with E-state index in [9.17, 15) is 19.5 Å².